The van der Waals surface area contributed by atoms with Gasteiger partial charge in [-0.25, -0.2) is 0 Å². The molecule has 148 valence electrons. The number of carbonyl (C=O) groups is 2. The summed E-state index contributed by atoms with van der Waals surface area (Å²) in [5, 5.41) is 43.8. The maximum atomic E-state index is 13.4. The topological polar surface area (TPSA) is 118 Å². The Hall–Kier alpha value is -2.48. The zero-order chi connectivity index (χ0) is 20.6. The minimum Gasteiger partial charge on any atom is -0.509 e. The van der Waals surface area contributed by atoms with Gasteiger partial charge in [0.1, 0.15) is 11.5 Å². The van der Waals surface area contributed by atoms with Gasteiger partial charge in [-0.15, -0.1) is 0 Å². The fourth-order valence-corrected chi connectivity index (χ4v) is 5.13. The molecular weight excluding hydrogens is 362 g/mol. The van der Waals surface area contributed by atoms with E-state index in [1.807, 2.05) is 0 Å². The summed E-state index contributed by atoms with van der Waals surface area (Å²) in [6.07, 6.45) is 0.918. The van der Waals surface area contributed by atoms with Crippen molar-refractivity contribution in [2.75, 3.05) is 14.1 Å². The Bertz CT molecular complexity index is 959. The molecule has 4 N–H and O–H groups in total. The minimum atomic E-state index is -2.33. The van der Waals surface area contributed by atoms with Crippen LogP contribution in [0, 0.1) is 11.8 Å². The predicted octanol–water partition coefficient (Wildman–Crippen LogP) is 1.07. The third-order valence-corrected chi connectivity index (χ3v) is 6.53. The Morgan fingerprint density at radius 3 is 2.39 bits per heavy atom. The highest BCUT2D eigenvalue weighted by molar-refractivity contribution is 6.13. The van der Waals surface area contributed by atoms with Crippen LogP contribution in [0.1, 0.15) is 24.5 Å². The number of Topliss-reactive ketones (excluding diaryl/α,β-unsaturated/α-hetero) is 1. The van der Waals surface area contributed by atoms with Crippen molar-refractivity contribution in [3.8, 4) is 0 Å². The van der Waals surface area contributed by atoms with Crippen molar-refractivity contribution in [3.05, 3.63) is 52.8 Å². The predicted molar refractivity (Wildman–Crippen MR) is 100 cm³/mol. The molecule has 1 fully saturated rings. The number of aliphatic hydroxyl groups is 4. The molecule has 7 nitrogen and oxygen atoms in total. The van der Waals surface area contributed by atoms with Crippen molar-refractivity contribution < 1.29 is 30.0 Å². The number of carbonyl (C=O) groups excluding carboxylic acids is 2. The monoisotopic (exact) mass is 385 g/mol. The van der Waals surface area contributed by atoms with Gasteiger partial charge >= 0.3 is 0 Å². The zero-order valence-corrected chi connectivity index (χ0v) is 15.9. The van der Waals surface area contributed by atoms with Crippen molar-refractivity contribution in [3.63, 3.8) is 0 Å². The molecule has 0 aliphatic heterocycles. The Kier molecular flexibility index (Phi) is 3.88. The fourth-order valence-electron chi connectivity index (χ4n) is 5.13. The summed E-state index contributed by atoms with van der Waals surface area (Å²) in [7, 11) is 3.31. The Morgan fingerprint density at radius 2 is 1.75 bits per heavy atom. The van der Waals surface area contributed by atoms with E-state index in [0.29, 0.717) is 11.1 Å². The van der Waals surface area contributed by atoms with Gasteiger partial charge in [-0.3, -0.25) is 14.5 Å². The van der Waals surface area contributed by atoms with Gasteiger partial charge in [-0.05, 0) is 33.0 Å². The highest BCUT2D eigenvalue weighted by atomic mass is 16.3. The standard InChI is InChI=1S/C21H23NO6/c1-20(27)11-7-5-4-6-10(11)18(25)16-12(20)8-13-17(22(2)3)14(23)9-15(24)21(13,28)19(16)26/h4-7,9,12-13,17,24-25,27-28H,8H2,1-3H3/t12-,13-,17-,20-,21-/m0/s1. The fraction of sp³-hybridized carbons (Fsp3) is 0.429. The lowest BCUT2D eigenvalue weighted by Gasteiger charge is -2.52. The van der Waals surface area contributed by atoms with E-state index in [2.05, 4.69) is 0 Å². The lowest BCUT2D eigenvalue weighted by atomic mass is 9.55. The molecule has 0 radical (unpaired) electrons. The van der Waals surface area contributed by atoms with Crippen LogP contribution >= 0.6 is 0 Å². The Labute approximate surface area is 162 Å². The lowest BCUT2D eigenvalue weighted by molar-refractivity contribution is -0.157. The number of hydrogen-bond acceptors (Lipinski definition) is 7. The first-order chi connectivity index (χ1) is 13.0. The number of fused-ring (bicyclic) bond motifs is 3. The molecule has 0 spiro atoms. The van der Waals surface area contributed by atoms with Gasteiger partial charge in [-0.1, -0.05) is 24.3 Å². The largest absolute Gasteiger partial charge is 0.509 e. The first-order valence-electron chi connectivity index (χ1n) is 9.16. The molecule has 4 rings (SSSR count). The van der Waals surface area contributed by atoms with Crippen LogP contribution in [0.4, 0.5) is 0 Å². The van der Waals surface area contributed by atoms with Gasteiger partial charge in [0.2, 0.25) is 5.78 Å². The molecule has 5 atom stereocenters. The van der Waals surface area contributed by atoms with E-state index >= 15 is 0 Å². The molecule has 0 heterocycles. The van der Waals surface area contributed by atoms with Gasteiger partial charge in [0.25, 0.3) is 0 Å². The Morgan fingerprint density at radius 1 is 1.11 bits per heavy atom. The van der Waals surface area contributed by atoms with E-state index < -0.39 is 46.4 Å². The quantitative estimate of drug-likeness (QED) is 0.571. The van der Waals surface area contributed by atoms with Crippen LogP contribution in [-0.4, -0.2) is 62.6 Å². The molecule has 28 heavy (non-hydrogen) atoms. The summed E-state index contributed by atoms with van der Waals surface area (Å²) in [6, 6.07) is 5.83. The number of hydrogen-bond donors (Lipinski definition) is 4. The molecule has 0 bridgehead atoms. The molecule has 3 aliphatic carbocycles. The second-order valence-corrected chi connectivity index (χ2v) is 8.29. The highest BCUT2D eigenvalue weighted by Crippen LogP contribution is 2.55. The molecular formula is C21H23NO6. The van der Waals surface area contributed by atoms with E-state index in [-0.39, 0.29) is 17.8 Å². The van der Waals surface area contributed by atoms with Gasteiger partial charge < -0.3 is 20.4 Å². The lowest BCUT2D eigenvalue weighted by Crippen LogP contribution is -2.65. The number of likely N-dealkylation sites (N-methyl/N-ethyl adjacent to an activating group) is 1. The summed E-state index contributed by atoms with van der Waals surface area (Å²) in [5.41, 5.74) is -3.15. The Balaban J connectivity index is 1.98. The van der Waals surface area contributed by atoms with Gasteiger partial charge in [0, 0.05) is 29.0 Å². The molecule has 0 saturated heterocycles. The summed E-state index contributed by atoms with van der Waals surface area (Å²) in [5.74, 6) is -4.13. The van der Waals surface area contributed by atoms with Crippen molar-refractivity contribution in [1.82, 2.24) is 4.90 Å². The highest BCUT2D eigenvalue weighted by Gasteiger charge is 2.64. The third-order valence-electron chi connectivity index (χ3n) is 6.53. The van der Waals surface area contributed by atoms with Crippen LogP contribution in [0.3, 0.4) is 0 Å². The number of rotatable bonds is 1. The second kappa shape index (κ2) is 5.76. The van der Waals surface area contributed by atoms with E-state index in [1.54, 1.807) is 50.2 Å². The van der Waals surface area contributed by atoms with Crippen molar-refractivity contribution in [2.45, 2.75) is 30.6 Å². The van der Waals surface area contributed by atoms with E-state index in [1.165, 1.54) is 0 Å². The van der Waals surface area contributed by atoms with Gasteiger partial charge in [0.15, 0.2) is 11.4 Å². The van der Waals surface area contributed by atoms with Crippen LogP contribution in [0.25, 0.3) is 5.76 Å². The van der Waals surface area contributed by atoms with Crippen molar-refractivity contribution in [2.24, 2.45) is 11.8 Å². The van der Waals surface area contributed by atoms with Crippen LogP contribution < -0.4 is 0 Å². The van der Waals surface area contributed by atoms with Crippen LogP contribution in [0.5, 0.6) is 0 Å². The summed E-state index contributed by atoms with van der Waals surface area (Å²) in [4.78, 5) is 27.5. The van der Waals surface area contributed by atoms with Crippen molar-refractivity contribution in [1.29, 1.82) is 0 Å². The number of benzene rings is 1. The average Bonchev–Trinajstić information content (AvgIpc) is 2.62. The number of nitrogens with zero attached hydrogens (tertiary/aromatic N) is 1. The smallest absolute Gasteiger partial charge is 0.202 e. The maximum Gasteiger partial charge on any atom is 0.202 e. The number of aliphatic hydroxyl groups excluding tert-OH is 2. The van der Waals surface area contributed by atoms with E-state index in [4.69, 9.17) is 0 Å². The normalized spacial score (nSPS) is 37.4. The molecule has 1 aromatic carbocycles. The molecule has 0 unspecified atom stereocenters. The van der Waals surface area contributed by atoms with Gasteiger partial charge in [-0.2, -0.15) is 0 Å². The minimum absolute atomic E-state index is 0.0372. The summed E-state index contributed by atoms with van der Waals surface area (Å²) in [6.45, 7) is 1.56. The van der Waals surface area contributed by atoms with Crippen LogP contribution in [0.15, 0.2) is 41.7 Å². The molecule has 7 heteroatoms. The molecule has 1 aromatic rings. The van der Waals surface area contributed by atoms with Gasteiger partial charge in [0.05, 0.1) is 11.6 Å². The first-order valence-corrected chi connectivity index (χ1v) is 9.16. The summed E-state index contributed by atoms with van der Waals surface area (Å²) >= 11 is 0. The second-order valence-electron chi connectivity index (χ2n) is 8.29. The van der Waals surface area contributed by atoms with Crippen LogP contribution in [-0.2, 0) is 15.2 Å². The first kappa shape index (κ1) is 18.9. The van der Waals surface area contributed by atoms with E-state index in [9.17, 15) is 30.0 Å². The number of ketones is 2. The molecule has 0 amide bonds. The maximum absolute atomic E-state index is 13.4. The molecule has 3 aliphatic rings. The van der Waals surface area contributed by atoms with Crippen molar-refractivity contribution >= 4 is 17.3 Å². The van der Waals surface area contributed by atoms with Crippen LogP contribution in [0.2, 0.25) is 0 Å². The summed E-state index contributed by atoms with van der Waals surface area (Å²) < 4.78 is 0. The van der Waals surface area contributed by atoms with E-state index in [0.717, 1.165) is 6.08 Å². The SMILES string of the molecule is CN(C)[C@@H]1C(=O)C=C(O)[C@]2(O)C(=O)C3=C(O)c4ccccc4[C@](C)(O)[C@H]3C[C@@H]12. The third kappa shape index (κ3) is 2.15. The zero-order valence-electron chi connectivity index (χ0n) is 15.9. The average molecular weight is 385 g/mol. The molecule has 0 aromatic heterocycles. The molecule has 1 saturated carbocycles.